The van der Waals surface area contributed by atoms with E-state index in [4.69, 9.17) is 4.74 Å². The molecule has 0 unspecified atom stereocenters. The van der Waals surface area contributed by atoms with E-state index in [-0.39, 0.29) is 11.8 Å². The first kappa shape index (κ1) is 20.6. The molecule has 2 aromatic carbocycles. The molecule has 0 saturated heterocycles. The van der Waals surface area contributed by atoms with Crippen LogP contribution in [0.25, 0.3) is 0 Å². The molecule has 0 spiro atoms. The van der Waals surface area contributed by atoms with Crippen LogP contribution in [-0.2, 0) is 13.1 Å². The minimum atomic E-state index is -0.0863. The first-order valence-corrected chi connectivity index (χ1v) is 10.3. The molecule has 150 valence electrons. The van der Waals surface area contributed by atoms with Crippen molar-refractivity contribution in [2.24, 2.45) is 0 Å². The monoisotopic (exact) mass is 408 g/mol. The van der Waals surface area contributed by atoms with E-state index in [1.54, 1.807) is 18.1 Å². The van der Waals surface area contributed by atoms with Gasteiger partial charge in [0.2, 0.25) is 0 Å². The van der Waals surface area contributed by atoms with E-state index in [0.717, 1.165) is 16.9 Å². The van der Waals surface area contributed by atoms with E-state index in [1.165, 1.54) is 11.3 Å². The maximum Gasteiger partial charge on any atom is 0.261 e. The molecule has 1 heterocycles. The van der Waals surface area contributed by atoms with Crippen molar-refractivity contribution < 1.29 is 14.3 Å². The predicted octanol–water partition coefficient (Wildman–Crippen LogP) is 4.35. The minimum Gasteiger partial charge on any atom is -0.497 e. The van der Waals surface area contributed by atoms with Crippen LogP contribution in [0, 0.1) is 0 Å². The molecule has 0 aliphatic rings. The molecule has 0 saturated carbocycles. The SMILES string of the molecule is CCN(Cc1ccc(OC)cc1)C(=O)c1ccc(CNC(=O)c2cccs2)cc1. The van der Waals surface area contributed by atoms with Gasteiger partial charge in [-0.05, 0) is 53.8 Å². The highest BCUT2D eigenvalue weighted by atomic mass is 32.1. The molecule has 0 aliphatic heterocycles. The molecule has 29 heavy (non-hydrogen) atoms. The fourth-order valence-electron chi connectivity index (χ4n) is 2.90. The third-order valence-electron chi connectivity index (χ3n) is 4.60. The number of carbonyl (C=O) groups is 2. The van der Waals surface area contributed by atoms with Gasteiger partial charge in [-0.3, -0.25) is 9.59 Å². The number of amides is 2. The number of nitrogens with one attached hydrogen (secondary N) is 1. The van der Waals surface area contributed by atoms with Gasteiger partial charge in [-0.1, -0.05) is 30.3 Å². The summed E-state index contributed by atoms with van der Waals surface area (Å²) in [6.45, 7) is 3.55. The zero-order valence-corrected chi connectivity index (χ0v) is 17.4. The van der Waals surface area contributed by atoms with Crippen LogP contribution in [0.15, 0.2) is 66.0 Å². The number of nitrogens with zero attached hydrogens (tertiary/aromatic N) is 1. The Morgan fingerprint density at radius 1 is 1.00 bits per heavy atom. The number of methoxy groups -OCH3 is 1. The molecule has 0 fully saturated rings. The summed E-state index contributed by atoms with van der Waals surface area (Å²) in [5, 5.41) is 4.77. The number of hydrogen-bond acceptors (Lipinski definition) is 4. The smallest absolute Gasteiger partial charge is 0.261 e. The average Bonchev–Trinajstić information content (AvgIpc) is 3.31. The summed E-state index contributed by atoms with van der Waals surface area (Å²) in [5.74, 6) is 0.694. The fraction of sp³-hybridized carbons (Fsp3) is 0.217. The van der Waals surface area contributed by atoms with Gasteiger partial charge >= 0.3 is 0 Å². The Balaban J connectivity index is 1.59. The van der Waals surface area contributed by atoms with Gasteiger partial charge in [-0.25, -0.2) is 0 Å². The van der Waals surface area contributed by atoms with E-state index >= 15 is 0 Å². The number of hydrogen-bond donors (Lipinski definition) is 1. The number of rotatable bonds is 8. The van der Waals surface area contributed by atoms with Gasteiger partial charge in [0.15, 0.2) is 0 Å². The molecular formula is C23H24N2O3S. The number of carbonyl (C=O) groups excluding carboxylic acids is 2. The van der Waals surface area contributed by atoms with Crippen LogP contribution in [-0.4, -0.2) is 30.4 Å². The molecule has 3 rings (SSSR count). The Labute approximate surface area is 174 Å². The topological polar surface area (TPSA) is 58.6 Å². The summed E-state index contributed by atoms with van der Waals surface area (Å²) in [7, 11) is 1.63. The van der Waals surface area contributed by atoms with Gasteiger partial charge in [0.05, 0.1) is 12.0 Å². The minimum absolute atomic E-state index is 0.0162. The van der Waals surface area contributed by atoms with Crippen LogP contribution >= 0.6 is 11.3 Å². The summed E-state index contributed by atoms with van der Waals surface area (Å²) in [5.41, 5.74) is 2.63. The van der Waals surface area contributed by atoms with Gasteiger partial charge in [0.25, 0.3) is 11.8 Å². The zero-order chi connectivity index (χ0) is 20.6. The maximum atomic E-state index is 12.9. The maximum absolute atomic E-state index is 12.9. The molecule has 0 atom stereocenters. The van der Waals surface area contributed by atoms with Crippen molar-refractivity contribution in [2.75, 3.05) is 13.7 Å². The lowest BCUT2D eigenvalue weighted by Gasteiger charge is -2.21. The second-order valence-corrected chi connectivity index (χ2v) is 7.47. The summed E-state index contributed by atoms with van der Waals surface area (Å²) < 4.78 is 5.18. The lowest BCUT2D eigenvalue weighted by Crippen LogP contribution is -2.30. The van der Waals surface area contributed by atoms with Crippen LogP contribution in [0.5, 0.6) is 5.75 Å². The van der Waals surface area contributed by atoms with Crippen LogP contribution in [0.1, 0.15) is 38.1 Å². The van der Waals surface area contributed by atoms with Crippen molar-refractivity contribution in [1.82, 2.24) is 10.2 Å². The van der Waals surface area contributed by atoms with Gasteiger partial charge < -0.3 is 15.0 Å². The molecule has 0 aliphatic carbocycles. The Hall–Kier alpha value is -3.12. The quantitative estimate of drug-likeness (QED) is 0.603. The Morgan fingerprint density at radius 2 is 1.69 bits per heavy atom. The molecule has 0 bridgehead atoms. The molecule has 0 radical (unpaired) electrons. The van der Waals surface area contributed by atoms with Gasteiger partial charge in [0.1, 0.15) is 5.75 Å². The Morgan fingerprint density at radius 3 is 2.28 bits per heavy atom. The van der Waals surface area contributed by atoms with Crippen molar-refractivity contribution in [1.29, 1.82) is 0 Å². The van der Waals surface area contributed by atoms with E-state index in [0.29, 0.717) is 30.1 Å². The number of ether oxygens (including phenoxy) is 1. The standard InChI is InChI=1S/C23H24N2O3S/c1-3-25(16-18-8-12-20(28-2)13-9-18)23(27)19-10-6-17(7-11-19)15-24-22(26)21-5-4-14-29-21/h4-14H,3,15-16H2,1-2H3,(H,24,26). The molecular weight excluding hydrogens is 384 g/mol. The molecule has 3 aromatic rings. The molecule has 5 nitrogen and oxygen atoms in total. The Bertz CT molecular complexity index is 935. The second kappa shape index (κ2) is 9.89. The molecule has 1 aromatic heterocycles. The highest BCUT2D eigenvalue weighted by Gasteiger charge is 2.15. The number of thiophene rings is 1. The van der Waals surface area contributed by atoms with Crippen molar-refractivity contribution >= 4 is 23.2 Å². The summed E-state index contributed by atoms with van der Waals surface area (Å²) >= 11 is 1.41. The van der Waals surface area contributed by atoms with Crippen molar-refractivity contribution in [3.63, 3.8) is 0 Å². The van der Waals surface area contributed by atoms with Gasteiger partial charge in [0, 0.05) is 25.2 Å². The molecule has 2 amide bonds. The fourth-order valence-corrected chi connectivity index (χ4v) is 3.54. The van der Waals surface area contributed by atoms with E-state index < -0.39 is 0 Å². The highest BCUT2D eigenvalue weighted by Crippen LogP contribution is 2.15. The van der Waals surface area contributed by atoms with Crippen molar-refractivity contribution in [2.45, 2.75) is 20.0 Å². The van der Waals surface area contributed by atoms with Crippen molar-refractivity contribution in [3.05, 3.63) is 87.6 Å². The Kier molecular flexibility index (Phi) is 7.03. The van der Waals surface area contributed by atoms with Crippen LogP contribution in [0.2, 0.25) is 0 Å². The van der Waals surface area contributed by atoms with Gasteiger partial charge in [-0.15, -0.1) is 11.3 Å². The largest absolute Gasteiger partial charge is 0.497 e. The third kappa shape index (κ3) is 5.45. The van der Waals surface area contributed by atoms with Crippen LogP contribution in [0.4, 0.5) is 0 Å². The molecule has 6 heteroatoms. The second-order valence-electron chi connectivity index (χ2n) is 6.52. The van der Waals surface area contributed by atoms with E-state index in [2.05, 4.69) is 5.32 Å². The normalized spacial score (nSPS) is 10.4. The molecule has 1 N–H and O–H groups in total. The predicted molar refractivity (Wildman–Crippen MR) is 115 cm³/mol. The highest BCUT2D eigenvalue weighted by molar-refractivity contribution is 7.12. The first-order valence-electron chi connectivity index (χ1n) is 9.43. The summed E-state index contributed by atoms with van der Waals surface area (Å²) in [6, 6.07) is 18.8. The third-order valence-corrected chi connectivity index (χ3v) is 5.47. The van der Waals surface area contributed by atoms with E-state index in [1.807, 2.05) is 66.9 Å². The summed E-state index contributed by atoms with van der Waals surface area (Å²) in [4.78, 5) is 27.4. The van der Waals surface area contributed by atoms with E-state index in [9.17, 15) is 9.59 Å². The van der Waals surface area contributed by atoms with Crippen LogP contribution < -0.4 is 10.1 Å². The number of benzene rings is 2. The average molecular weight is 409 g/mol. The van der Waals surface area contributed by atoms with Gasteiger partial charge in [-0.2, -0.15) is 0 Å². The van der Waals surface area contributed by atoms with Crippen LogP contribution in [0.3, 0.4) is 0 Å². The lowest BCUT2D eigenvalue weighted by molar-refractivity contribution is 0.0752. The zero-order valence-electron chi connectivity index (χ0n) is 16.6. The summed E-state index contributed by atoms with van der Waals surface area (Å²) in [6.07, 6.45) is 0. The first-order chi connectivity index (χ1) is 14.1. The van der Waals surface area contributed by atoms with Crippen molar-refractivity contribution in [3.8, 4) is 5.75 Å². The lowest BCUT2D eigenvalue weighted by atomic mass is 10.1.